The normalized spacial score (nSPS) is 11.5. The number of hydrogen-bond donors (Lipinski definition) is 1. The number of carbonyl (C=O) groups excluding carboxylic acids is 2. The van der Waals surface area contributed by atoms with Crippen LogP contribution in [-0.4, -0.2) is 39.6 Å². The van der Waals surface area contributed by atoms with Gasteiger partial charge < -0.3 is 10.2 Å². The maximum absolute atomic E-state index is 13.1. The SMILES string of the molecule is CC(C)CN(CC(=O)Nc1cc(C(C)(C)C)nn1-c1ccc(Cl)cc1)C(=O)c1ccc(Cl)cc1. The van der Waals surface area contributed by atoms with E-state index in [0.717, 1.165) is 11.4 Å². The Hall–Kier alpha value is -2.83. The van der Waals surface area contributed by atoms with Crippen LogP contribution in [0.3, 0.4) is 0 Å². The lowest BCUT2D eigenvalue weighted by Crippen LogP contribution is -2.40. The second kappa shape index (κ2) is 10.6. The molecule has 0 unspecified atom stereocenters. The fourth-order valence-corrected chi connectivity index (χ4v) is 3.66. The lowest BCUT2D eigenvalue weighted by atomic mass is 9.92. The first-order chi connectivity index (χ1) is 15.9. The van der Waals surface area contributed by atoms with Crippen molar-refractivity contribution in [2.75, 3.05) is 18.4 Å². The third kappa shape index (κ3) is 6.61. The molecular formula is C26H30Cl2N4O2. The molecule has 2 amide bonds. The number of rotatable bonds is 7. The maximum atomic E-state index is 13.1. The number of anilines is 1. The zero-order valence-corrected chi connectivity index (χ0v) is 21.6. The predicted octanol–water partition coefficient (Wildman–Crippen LogP) is 6.21. The van der Waals surface area contributed by atoms with Crippen molar-refractivity contribution in [3.05, 3.63) is 75.9 Å². The van der Waals surface area contributed by atoms with Crippen molar-refractivity contribution in [3.8, 4) is 5.69 Å². The standard InChI is InChI=1S/C26H30Cl2N4O2/c1-17(2)15-31(25(34)18-6-8-19(27)9-7-18)16-24(33)29-23-14-22(26(3,4)5)30-32(23)21-12-10-20(28)11-13-21/h6-14,17H,15-16H2,1-5H3,(H,29,33). The van der Waals surface area contributed by atoms with Crippen molar-refractivity contribution < 1.29 is 9.59 Å². The summed E-state index contributed by atoms with van der Waals surface area (Å²) in [5.74, 6) is 0.192. The highest BCUT2D eigenvalue weighted by atomic mass is 35.5. The van der Waals surface area contributed by atoms with Gasteiger partial charge in [-0.2, -0.15) is 5.10 Å². The molecule has 0 aliphatic rings. The molecule has 0 spiro atoms. The minimum Gasteiger partial charge on any atom is -0.329 e. The Morgan fingerprint density at radius 3 is 2.09 bits per heavy atom. The molecule has 0 aliphatic heterocycles. The van der Waals surface area contributed by atoms with Gasteiger partial charge in [-0.25, -0.2) is 4.68 Å². The zero-order chi connectivity index (χ0) is 25.0. The Morgan fingerprint density at radius 2 is 1.56 bits per heavy atom. The van der Waals surface area contributed by atoms with Crippen LogP contribution in [0.25, 0.3) is 5.69 Å². The highest BCUT2D eigenvalue weighted by Crippen LogP contribution is 2.27. The predicted molar refractivity (Wildman–Crippen MR) is 138 cm³/mol. The van der Waals surface area contributed by atoms with E-state index in [1.807, 2.05) is 32.0 Å². The third-order valence-corrected chi connectivity index (χ3v) is 5.62. The van der Waals surface area contributed by atoms with Gasteiger partial charge in [0.1, 0.15) is 12.4 Å². The molecule has 0 aliphatic carbocycles. The van der Waals surface area contributed by atoms with Gasteiger partial charge in [-0.1, -0.05) is 57.8 Å². The molecule has 3 rings (SSSR count). The van der Waals surface area contributed by atoms with E-state index >= 15 is 0 Å². The van der Waals surface area contributed by atoms with Crippen LogP contribution in [0.2, 0.25) is 10.0 Å². The molecule has 0 saturated heterocycles. The average Bonchev–Trinajstić information content (AvgIpc) is 3.17. The van der Waals surface area contributed by atoms with Gasteiger partial charge >= 0.3 is 0 Å². The van der Waals surface area contributed by atoms with Crippen molar-refractivity contribution in [1.82, 2.24) is 14.7 Å². The van der Waals surface area contributed by atoms with Crippen LogP contribution in [0.4, 0.5) is 5.82 Å². The number of benzene rings is 2. The van der Waals surface area contributed by atoms with Crippen LogP contribution in [0.15, 0.2) is 54.6 Å². The van der Waals surface area contributed by atoms with E-state index in [0.29, 0.717) is 28.0 Å². The number of hydrogen-bond acceptors (Lipinski definition) is 3. The Kier molecular flexibility index (Phi) is 8.05. The summed E-state index contributed by atoms with van der Waals surface area (Å²) < 4.78 is 1.68. The minimum absolute atomic E-state index is 0.0870. The van der Waals surface area contributed by atoms with E-state index < -0.39 is 0 Å². The fraction of sp³-hybridized carbons (Fsp3) is 0.346. The van der Waals surface area contributed by atoms with Gasteiger partial charge in [0.15, 0.2) is 0 Å². The first kappa shape index (κ1) is 25.8. The van der Waals surface area contributed by atoms with Gasteiger partial charge in [0.2, 0.25) is 5.91 Å². The number of halogens is 2. The molecule has 1 heterocycles. The molecule has 0 radical (unpaired) electrons. The molecule has 0 bridgehead atoms. The summed E-state index contributed by atoms with van der Waals surface area (Å²) in [6.45, 7) is 10.5. The van der Waals surface area contributed by atoms with Crippen LogP contribution in [-0.2, 0) is 10.2 Å². The summed E-state index contributed by atoms with van der Waals surface area (Å²) in [4.78, 5) is 27.8. The number of aromatic nitrogens is 2. The summed E-state index contributed by atoms with van der Waals surface area (Å²) in [5.41, 5.74) is 1.87. The lowest BCUT2D eigenvalue weighted by Gasteiger charge is -2.24. The van der Waals surface area contributed by atoms with Crippen molar-refractivity contribution >= 4 is 40.8 Å². The molecule has 1 N–H and O–H groups in total. The van der Waals surface area contributed by atoms with E-state index in [9.17, 15) is 9.59 Å². The number of nitrogens with zero attached hydrogens (tertiary/aromatic N) is 3. The molecule has 2 aromatic carbocycles. The molecule has 0 fully saturated rings. The Morgan fingerprint density at radius 1 is 1.00 bits per heavy atom. The van der Waals surface area contributed by atoms with E-state index in [4.69, 9.17) is 28.3 Å². The van der Waals surface area contributed by atoms with E-state index in [1.54, 1.807) is 46.0 Å². The van der Waals surface area contributed by atoms with Gasteiger partial charge in [-0.3, -0.25) is 9.59 Å². The Balaban J connectivity index is 1.86. The van der Waals surface area contributed by atoms with Crippen LogP contribution in [0.5, 0.6) is 0 Å². The van der Waals surface area contributed by atoms with Crippen molar-refractivity contribution in [2.45, 2.75) is 40.0 Å². The third-order valence-electron chi connectivity index (χ3n) is 5.11. The monoisotopic (exact) mass is 500 g/mol. The van der Waals surface area contributed by atoms with Gasteiger partial charge in [-0.05, 0) is 54.4 Å². The second-order valence-corrected chi connectivity index (χ2v) is 10.6. The maximum Gasteiger partial charge on any atom is 0.254 e. The fourth-order valence-electron chi connectivity index (χ4n) is 3.41. The van der Waals surface area contributed by atoms with Crippen molar-refractivity contribution in [1.29, 1.82) is 0 Å². The molecule has 6 nitrogen and oxygen atoms in total. The molecule has 8 heteroatoms. The first-order valence-electron chi connectivity index (χ1n) is 11.1. The summed E-state index contributed by atoms with van der Waals surface area (Å²) in [7, 11) is 0. The Labute approximate surface area is 210 Å². The summed E-state index contributed by atoms with van der Waals surface area (Å²) in [6, 6.07) is 15.8. The lowest BCUT2D eigenvalue weighted by molar-refractivity contribution is -0.117. The molecule has 0 saturated carbocycles. The molecule has 34 heavy (non-hydrogen) atoms. The number of carbonyl (C=O) groups is 2. The van der Waals surface area contributed by atoms with Gasteiger partial charge in [0, 0.05) is 33.6 Å². The minimum atomic E-state index is -0.307. The average molecular weight is 501 g/mol. The van der Waals surface area contributed by atoms with Gasteiger partial charge in [0.05, 0.1) is 11.4 Å². The number of amides is 2. The topological polar surface area (TPSA) is 67.2 Å². The van der Waals surface area contributed by atoms with Crippen LogP contribution in [0.1, 0.15) is 50.7 Å². The van der Waals surface area contributed by atoms with Crippen LogP contribution < -0.4 is 5.32 Å². The van der Waals surface area contributed by atoms with Crippen LogP contribution in [0, 0.1) is 5.92 Å². The first-order valence-corrected chi connectivity index (χ1v) is 11.9. The highest BCUT2D eigenvalue weighted by Gasteiger charge is 2.24. The Bertz CT molecular complexity index is 1150. The van der Waals surface area contributed by atoms with E-state index in [-0.39, 0.29) is 29.7 Å². The molecule has 3 aromatic rings. The molecule has 1 aromatic heterocycles. The number of nitrogens with one attached hydrogen (secondary N) is 1. The summed E-state index contributed by atoms with van der Waals surface area (Å²) >= 11 is 12.0. The van der Waals surface area contributed by atoms with Gasteiger partial charge in [-0.15, -0.1) is 0 Å². The van der Waals surface area contributed by atoms with Crippen LogP contribution >= 0.6 is 23.2 Å². The van der Waals surface area contributed by atoms with E-state index in [1.165, 1.54) is 0 Å². The van der Waals surface area contributed by atoms with E-state index in [2.05, 4.69) is 26.1 Å². The highest BCUT2D eigenvalue weighted by molar-refractivity contribution is 6.30. The molecular weight excluding hydrogens is 471 g/mol. The summed E-state index contributed by atoms with van der Waals surface area (Å²) in [6.07, 6.45) is 0. The van der Waals surface area contributed by atoms with Gasteiger partial charge in [0.25, 0.3) is 5.91 Å². The zero-order valence-electron chi connectivity index (χ0n) is 20.1. The molecule has 0 atom stereocenters. The largest absolute Gasteiger partial charge is 0.329 e. The molecule has 180 valence electrons. The van der Waals surface area contributed by atoms with Crippen molar-refractivity contribution in [3.63, 3.8) is 0 Å². The quantitative estimate of drug-likeness (QED) is 0.418. The summed E-state index contributed by atoms with van der Waals surface area (Å²) in [5, 5.41) is 8.83. The smallest absolute Gasteiger partial charge is 0.254 e. The second-order valence-electron chi connectivity index (χ2n) is 9.69. The van der Waals surface area contributed by atoms with Crippen molar-refractivity contribution in [2.24, 2.45) is 5.92 Å².